The highest BCUT2D eigenvalue weighted by Crippen LogP contribution is 2.20. The molecule has 0 radical (unpaired) electrons. The van der Waals surface area contributed by atoms with Crippen LogP contribution in [0.15, 0.2) is 48.5 Å². The minimum absolute atomic E-state index is 0.125. The Balaban J connectivity index is 1.48. The first-order valence-corrected chi connectivity index (χ1v) is 12.2. The molecule has 2 aromatic carbocycles. The summed E-state index contributed by atoms with van der Waals surface area (Å²) in [4.78, 5) is 29.1. The van der Waals surface area contributed by atoms with Gasteiger partial charge in [0.05, 0.1) is 7.11 Å². The van der Waals surface area contributed by atoms with Gasteiger partial charge in [0.2, 0.25) is 17.6 Å². The van der Waals surface area contributed by atoms with E-state index in [9.17, 15) is 14.0 Å². The molecule has 1 fully saturated rings. The SMILES string of the molecule is COc1ccc(-c2nnn(CC(=O)N(Cc3ccc(F)cc3)C(C)C(=O)NC3CCCCC3)n2)cc1. The summed E-state index contributed by atoms with van der Waals surface area (Å²) in [6.45, 7) is 1.67. The number of benzene rings is 2. The zero-order chi connectivity index (χ0) is 25.5. The summed E-state index contributed by atoms with van der Waals surface area (Å²) in [5.74, 6) is 0.168. The average Bonchev–Trinajstić information content (AvgIpc) is 3.37. The van der Waals surface area contributed by atoms with E-state index in [1.54, 1.807) is 50.4 Å². The molecule has 10 heteroatoms. The molecule has 36 heavy (non-hydrogen) atoms. The van der Waals surface area contributed by atoms with Crippen LogP contribution in [0.2, 0.25) is 0 Å². The summed E-state index contributed by atoms with van der Waals surface area (Å²) in [6, 6.07) is 12.5. The normalized spacial score (nSPS) is 14.8. The van der Waals surface area contributed by atoms with Crippen LogP contribution in [-0.4, -0.2) is 56.1 Å². The Morgan fingerprint density at radius 1 is 1.11 bits per heavy atom. The molecule has 0 saturated heterocycles. The highest BCUT2D eigenvalue weighted by atomic mass is 19.1. The van der Waals surface area contributed by atoms with Gasteiger partial charge in [-0.1, -0.05) is 31.4 Å². The van der Waals surface area contributed by atoms with Gasteiger partial charge in [-0.15, -0.1) is 10.2 Å². The van der Waals surface area contributed by atoms with E-state index in [1.807, 2.05) is 0 Å². The smallest absolute Gasteiger partial charge is 0.247 e. The maximum absolute atomic E-state index is 13.4. The summed E-state index contributed by atoms with van der Waals surface area (Å²) >= 11 is 0. The first-order chi connectivity index (χ1) is 17.4. The Hall–Kier alpha value is -3.82. The maximum atomic E-state index is 13.4. The van der Waals surface area contributed by atoms with Crippen molar-refractivity contribution < 1.29 is 18.7 Å². The lowest BCUT2D eigenvalue weighted by atomic mass is 9.95. The van der Waals surface area contributed by atoms with Gasteiger partial charge < -0.3 is 15.0 Å². The molecule has 1 heterocycles. The molecule has 0 bridgehead atoms. The minimum Gasteiger partial charge on any atom is -0.497 e. The third-order valence-electron chi connectivity index (χ3n) is 6.46. The van der Waals surface area contributed by atoms with Crippen molar-refractivity contribution in [2.45, 2.75) is 64.2 Å². The van der Waals surface area contributed by atoms with Gasteiger partial charge in [-0.2, -0.15) is 4.80 Å². The number of nitrogens with one attached hydrogen (secondary N) is 1. The molecular weight excluding hydrogens is 463 g/mol. The molecular formula is C26H31FN6O3. The number of hydrogen-bond acceptors (Lipinski definition) is 6. The zero-order valence-electron chi connectivity index (χ0n) is 20.6. The van der Waals surface area contributed by atoms with Crippen LogP contribution in [0, 0.1) is 5.82 Å². The lowest BCUT2D eigenvalue weighted by Crippen LogP contribution is -2.51. The van der Waals surface area contributed by atoms with Crippen LogP contribution in [0.5, 0.6) is 5.75 Å². The number of hydrogen-bond donors (Lipinski definition) is 1. The summed E-state index contributed by atoms with van der Waals surface area (Å²) in [6.07, 6.45) is 5.25. The lowest BCUT2D eigenvalue weighted by molar-refractivity contribution is -0.141. The molecule has 2 amide bonds. The van der Waals surface area contributed by atoms with Crippen molar-refractivity contribution in [2.75, 3.05) is 7.11 Å². The Labute approximate surface area is 209 Å². The van der Waals surface area contributed by atoms with Crippen LogP contribution in [0.3, 0.4) is 0 Å². The minimum atomic E-state index is -0.728. The fourth-order valence-electron chi connectivity index (χ4n) is 4.32. The van der Waals surface area contributed by atoms with Gasteiger partial charge in [-0.3, -0.25) is 9.59 Å². The fraction of sp³-hybridized carbons (Fsp3) is 0.423. The molecule has 9 nitrogen and oxygen atoms in total. The molecule has 1 unspecified atom stereocenters. The number of amides is 2. The Morgan fingerprint density at radius 2 is 1.81 bits per heavy atom. The number of ether oxygens (including phenoxy) is 1. The predicted molar refractivity (Wildman–Crippen MR) is 131 cm³/mol. The van der Waals surface area contributed by atoms with Crippen molar-refractivity contribution in [2.24, 2.45) is 0 Å². The quantitative estimate of drug-likeness (QED) is 0.490. The summed E-state index contributed by atoms with van der Waals surface area (Å²) in [5.41, 5.74) is 1.45. The van der Waals surface area contributed by atoms with Crippen molar-refractivity contribution >= 4 is 11.8 Å². The van der Waals surface area contributed by atoms with Crippen LogP contribution < -0.4 is 10.1 Å². The highest BCUT2D eigenvalue weighted by Gasteiger charge is 2.28. The predicted octanol–water partition coefficient (Wildman–Crippen LogP) is 3.35. The molecule has 1 aliphatic rings. The Kier molecular flexibility index (Phi) is 8.24. The lowest BCUT2D eigenvalue weighted by Gasteiger charge is -2.31. The highest BCUT2D eigenvalue weighted by molar-refractivity contribution is 5.87. The second kappa shape index (κ2) is 11.7. The van der Waals surface area contributed by atoms with Gasteiger partial charge in [-0.25, -0.2) is 4.39 Å². The van der Waals surface area contributed by atoms with E-state index in [0.717, 1.165) is 31.2 Å². The van der Waals surface area contributed by atoms with Crippen LogP contribution in [-0.2, 0) is 22.7 Å². The van der Waals surface area contributed by atoms with Crippen molar-refractivity contribution in [1.82, 2.24) is 30.4 Å². The van der Waals surface area contributed by atoms with E-state index in [4.69, 9.17) is 4.74 Å². The van der Waals surface area contributed by atoms with Crippen LogP contribution in [0.25, 0.3) is 11.4 Å². The molecule has 190 valence electrons. The first-order valence-electron chi connectivity index (χ1n) is 12.2. The molecule has 4 rings (SSSR count). The number of methoxy groups -OCH3 is 1. The van der Waals surface area contributed by atoms with E-state index >= 15 is 0 Å². The summed E-state index contributed by atoms with van der Waals surface area (Å²) in [7, 11) is 1.59. The van der Waals surface area contributed by atoms with Gasteiger partial charge in [0.1, 0.15) is 24.2 Å². The van der Waals surface area contributed by atoms with E-state index in [0.29, 0.717) is 17.1 Å². The molecule has 1 saturated carbocycles. The number of tetrazole rings is 1. The van der Waals surface area contributed by atoms with E-state index in [2.05, 4.69) is 20.7 Å². The first kappa shape index (κ1) is 25.3. The summed E-state index contributed by atoms with van der Waals surface area (Å²) < 4.78 is 18.6. The fourth-order valence-corrected chi connectivity index (χ4v) is 4.32. The third-order valence-corrected chi connectivity index (χ3v) is 6.46. The molecule has 0 aliphatic heterocycles. The zero-order valence-corrected chi connectivity index (χ0v) is 20.6. The van der Waals surface area contributed by atoms with Gasteiger partial charge in [-0.05, 0) is 66.9 Å². The van der Waals surface area contributed by atoms with Crippen molar-refractivity contribution in [1.29, 1.82) is 0 Å². The number of rotatable bonds is 9. The molecule has 1 aliphatic carbocycles. The number of carbonyl (C=O) groups is 2. The second-order valence-electron chi connectivity index (χ2n) is 9.04. The molecule has 1 atom stereocenters. The number of carbonyl (C=O) groups excluding carboxylic acids is 2. The maximum Gasteiger partial charge on any atom is 0.247 e. The van der Waals surface area contributed by atoms with Crippen molar-refractivity contribution in [3.63, 3.8) is 0 Å². The number of aromatic nitrogens is 4. The average molecular weight is 495 g/mol. The molecule has 1 aromatic heterocycles. The van der Waals surface area contributed by atoms with E-state index in [-0.39, 0.29) is 36.8 Å². The summed E-state index contributed by atoms with van der Waals surface area (Å²) in [5, 5.41) is 15.5. The van der Waals surface area contributed by atoms with Gasteiger partial charge in [0.25, 0.3) is 0 Å². The molecule has 1 N–H and O–H groups in total. The Morgan fingerprint density at radius 3 is 2.47 bits per heavy atom. The van der Waals surface area contributed by atoms with Crippen LogP contribution in [0.4, 0.5) is 4.39 Å². The van der Waals surface area contributed by atoms with Gasteiger partial charge in [0.15, 0.2) is 0 Å². The van der Waals surface area contributed by atoms with E-state index < -0.39 is 6.04 Å². The van der Waals surface area contributed by atoms with E-state index in [1.165, 1.54) is 28.2 Å². The topological polar surface area (TPSA) is 102 Å². The second-order valence-corrected chi connectivity index (χ2v) is 9.04. The Bertz CT molecular complexity index is 1160. The van der Waals surface area contributed by atoms with Crippen molar-refractivity contribution in [3.05, 3.63) is 59.9 Å². The number of halogens is 1. The number of nitrogens with zero attached hydrogens (tertiary/aromatic N) is 5. The van der Waals surface area contributed by atoms with Gasteiger partial charge in [0, 0.05) is 18.2 Å². The standard InChI is InChI=1S/C26H31FN6O3/c1-18(26(35)28-22-6-4-3-5-7-22)32(16-19-8-12-21(27)13-9-19)24(34)17-33-30-25(29-31-33)20-10-14-23(36-2)15-11-20/h8-15,18,22H,3-7,16-17H2,1-2H3,(H,28,35). The monoisotopic (exact) mass is 494 g/mol. The van der Waals surface area contributed by atoms with Crippen LogP contribution in [0.1, 0.15) is 44.6 Å². The largest absolute Gasteiger partial charge is 0.497 e. The van der Waals surface area contributed by atoms with Crippen LogP contribution >= 0.6 is 0 Å². The van der Waals surface area contributed by atoms with Crippen molar-refractivity contribution in [3.8, 4) is 17.1 Å². The molecule has 0 spiro atoms. The molecule has 3 aromatic rings. The van der Waals surface area contributed by atoms with Gasteiger partial charge >= 0.3 is 0 Å². The third kappa shape index (κ3) is 6.44.